The number of ether oxygens (including phenoxy) is 2. The van der Waals surface area contributed by atoms with Crippen LogP contribution in [-0.4, -0.2) is 24.2 Å². The number of fused-ring (bicyclic) bond motifs is 6. The monoisotopic (exact) mass is 480 g/mol. The number of methoxy groups -OCH3 is 2. The first kappa shape index (κ1) is 20.6. The van der Waals surface area contributed by atoms with Crippen molar-refractivity contribution in [3.05, 3.63) is 60.2 Å². The van der Waals surface area contributed by atoms with Crippen LogP contribution in [0, 0.1) is 11.6 Å². The van der Waals surface area contributed by atoms with Crippen LogP contribution in [0.3, 0.4) is 0 Å². The molecule has 0 radical (unpaired) electrons. The summed E-state index contributed by atoms with van der Waals surface area (Å²) in [5.41, 5.74) is 16.0. The Morgan fingerprint density at radius 3 is 1.25 bits per heavy atom. The lowest BCUT2D eigenvalue weighted by molar-refractivity contribution is 0.389. The fourth-order valence-corrected chi connectivity index (χ4v) is 5.53. The van der Waals surface area contributed by atoms with E-state index in [0.29, 0.717) is 65.8 Å². The zero-order valence-corrected chi connectivity index (χ0v) is 19.2. The minimum Gasteiger partial charge on any atom is -0.494 e. The van der Waals surface area contributed by atoms with Crippen molar-refractivity contribution in [2.24, 2.45) is 0 Å². The van der Waals surface area contributed by atoms with Gasteiger partial charge >= 0.3 is 0 Å². The highest BCUT2D eigenvalue weighted by atomic mass is 19.1. The van der Waals surface area contributed by atoms with Crippen LogP contribution in [0.4, 0.5) is 20.2 Å². The number of benzene rings is 5. The van der Waals surface area contributed by atoms with Crippen LogP contribution in [0.1, 0.15) is 0 Å². The molecule has 4 N–H and O–H groups in total. The maximum Gasteiger partial charge on any atom is 0.175 e. The van der Waals surface area contributed by atoms with Gasteiger partial charge in [-0.3, -0.25) is 0 Å². The summed E-state index contributed by atoms with van der Waals surface area (Å²) >= 11 is 0. The van der Waals surface area contributed by atoms with E-state index in [1.807, 2.05) is 0 Å². The van der Waals surface area contributed by atoms with Gasteiger partial charge in [0, 0.05) is 54.5 Å². The van der Waals surface area contributed by atoms with Gasteiger partial charge in [-0.25, -0.2) is 18.7 Å². The van der Waals surface area contributed by atoms with Crippen LogP contribution in [0.5, 0.6) is 11.5 Å². The summed E-state index contributed by atoms with van der Waals surface area (Å²) in [6.45, 7) is 0. The van der Waals surface area contributed by atoms with Gasteiger partial charge in [0.25, 0.3) is 0 Å². The predicted molar refractivity (Wildman–Crippen MR) is 140 cm³/mol. The molecule has 0 bridgehead atoms. The van der Waals surface area contributed by atoms with E-state index in [1.165, 1.54) is 14.2 Å². The molecular weight excluding hydrogens is 462 g/mol. The molecule has 0 aliphatic heterocycles. The van der Waals surface area contributed by atoms with Crippen molar-refractivity contribution >= 4 is 76.5 Å². The number of pyridine rings is 2. The van der Waals surface area contributed by atoms with Gasteiger partial charge < -0.3 is 20.9 Å². The molecule has 36 heavy (non-hydrogen) atoms. The van der Waals surface area contributed by atoms with E-state index in [0.717, 1.165) is 0 Å². The number of nitrogens with zero attached hydrogens (tertiary/aromatic N) is 2. The summed E-state index contributed by atoms with van der Waals surface area (Å²) < 4.78 is 42.3. The maximum absolute atomic E-state index is 15.9. The third-order valence-corrected chi connectivity index (χ3v) is 7.02. The molecule has 0 atom stereocenters. The first-order valence-electron chi connectivity index (χ1n) is 11.2. The lowest BCUT2D eigenvalue weighted by Gasteiger charge is -2.20. The molecule has 7 rings (SSSR count). The number of rotatable bonds is 2. The fraction of sp³-hybridized carbons (Fsp3) is 0.0714. The Bertz CT molecular complexity index is 1920. The topological polar surface area (TPSA) is 96.3 Å². The molecule has 6 nitrogen and oxygen atoms in total. The Labute approximate surface area is 202 Å². The van der Waals surface area contributed by atoms with Crippen LogP contribution < -0.4 is 20.9 Å². The molecule has 2 aromatic heterocycles. The Morgan fingerprint density at radius 1 is 0.500 bits per heavy atom. The second-order valence-electron chi connectivity index (χ2n) is 8.77. The minimum atomic E-state index is -0.561. The summed E-state index contributed by atoms with van der Waals surface area (Å²) in [4.78, 5) is 9.47. The number of hydrogen-bond acceptors (Lipinski definition) is 6. The van der Waals surface area contributed by atoms with Gasteiger partial charge in [-0.1, -0.05) is 0 Å². The Balaban J connectivity index is 1.96. The van der Waals surface area contributed by atoms with Gasteiger partial charge in [-0.15, -0.1) is 0 Å². The highest BCUT2D eigenvalue weighted by molar-refractivity contribution is 6.43. The van der Waals surface area contributed by atoms with Crippen molar-refractivity contribution in [2.75, 3.05) is 25.7 Å². The molecule has 0 spiro atoms. The van der Waals surface area contributed by atoms with Gasteiger partial charge in [-0.05, 0) is 48.5 Å². The molecule has 8 heteroatoms. The molecule has 0 saturated carbocycles. The predicted octanol–water partition coefficient (Wildman–Crippen LogP) is 6.29. The number of anilines is 2. The van der Waals surface area contributed by atoms with Gasteiger partial charge in [-0.2, -0.15) is 0 Å². The molecule has 0 unspecified atom stereocenters. The Kier molecular flexibility index (Phi) is 3.96. The molecule has 5 aromatic carbocycles. The van der Waals surface area contributed by atoms with Crippen molar-refractivity contribution in [3.8, 4) is 11.5 Å². The summed E-state index contributed by atoms with van der Waals surface area (Å²) in [6.07, 6.45) is 0. The summed E-state index contributed by atoms with van der Waals surface area (Å²) in [6, 6.07) is 13.5. The van der Waals surface area contributed by atoms with Crippen LogP contribution in [0.2, 0.25) is 0 Å². The van der Waals surface area contributed by atoms with Gasteiger partial charge in [0.15, 0.2) is 23.1 Å². The number of halogens is 2. The first-order chi connectivity index (χ1) is 17.4. The van der Waals surface area contributed by atoms with Gasteiger partial charge in [0.05, 0.1) is 36.3 Å². The van der Waals surface area contributed by atoms with Crippen LogP contribution in [0.25, 0.3) is 65.2 Å². The van der Waals surface area contributed by atoms with E-state index < -0.39 is 11.6 Å². The maximum atomic E-state index is 15.9. The third kappa shape index (κ3) is 2.38. The van der Waals surface area contributed by atoms with E-state index in [2.05, 4.69) is 0 Å². The van der Waals surface area contributed by atoms with Crippen molar-refractivity contribution < 1.29 is 18.3 Å². The molecule has 2 heterocycles. The summed E-state index contributed by atoms with van der Waals surface area (Å²) in [7, 11) is 2.81. The van der Waals surface area contributed by atoms with E-state index in [1.54, 1.807) is 48.5 Å². The summed E-state index contributed by atoms with van der Waals surface area (Å²) in [5, 5.41) is 3.88. The molecule has 0 amide bonds. The third-order valence-electron chi connectivity index (χ3n) is 7.02. The van der Waals surface area contributed by atoms with Crippen molar-refractivity contribution in [2.45, 2.75) is 0 Å². The molecule has 0 saturated heterocycles. The first-order valence-corrected chi connectivity index (χ1v) is 11.2. The van der Waals surface area contributed by atoms with E-state index in [4.69, 9.17) is 30.9 Å². The average molecular weight is 480 g/mol. The van der Waals surface area contributed by atoms with E-state index >= 15 is 8.78 Å². The minimum absolute atomic E-state index is 0.0781. The fourth-order valence-electron chi connectivity index (χ4n) is 5.53. The zero-order valence-electron chi connectivity index (χ0n) is 19.2. The number of nitrogen functional groups attached to an aromatic ring is 2. The SMILES string of the molecule is COc1ccc2nc3ccc(N)c4c3c(c2c1F)c1c(N)ccc2nc3ccc(OC)c(F)c3c4c21. The highest BCUT2D eigenvalue weighted by Gasteiger charge is 2.25. The van der Waals surface area contributed by atoms with Crippen LogP contribution >= 0.6 is 0 Å². The van der Waals surface area contributed by atoms with Gasteiger partial charge in [0.1, 0.15) is 0 Å². The normalized spacial score (nSPS) is 12.1. The Morgan fingerprint density at radius 2 is 0.861 bits per heavy atom. The van der Waals surface area contributed by atoms with E-state index in [9.17, 15) is 0 Å². The molecule has 0 fully saturated rings. The average Bonchev–Trinajstić information content (AvgIpc) is 2.88. The molecule has 0 aliphatic carbocycles. The summed E-state index contributed by atoms with van der Waals surface area (Å²) in [5.74, 6) is -0.966. The van der Waals surface area contributed by atoms with Gasteiger partial charge in [0.2, 0.25) is 0 Å². The number of aromatic nitrogens is 2. The lowest BCUT2D eigenvalue weighted by Crippen LogP contribution is -2.01. The number of nitrogens with two attached hydrogens (primary N) is 2. The highest BCUT2D eigenvalue weighted by Crippen LogP contribution is 2.49. The van der Waals surface area contributed by atoms with Crippen molar-refractivity contribution in [3.63, 3.8) is 0 Å². The van der Waals surface area contributed by atoms with Crippen LogP contribution in [-0.2, 0) is 0 Å². The van der Waals surface area contributed by atoms with E-state index in [-0.39, 0.29) is 22.3 Å². The molecule has 176 valence electrons. The second-order valence-corrected chi connectivity index (χ2v) is 8.77. The zero-order chi connectivity index (χ0) is 24.9. The standard InChI is InChI=1S/C28H18F2N4O2/c1-35-17-9-7-15-23(27(17)29)25-19-11(31)3-6-14-22(19)26(20-12(32)4-5-13(33-15)21(20)25)24-16(34-14)8-10-18(36-2)28(24)30/h3-10H,31-32H2,1-2H3. The lowest BCUT2D eigenvalue weighted by atomic mass is 9.87. The molecular formula is C28H18F2N4O2. The van der Waals surface area contributed by atoms with Crippen molar-refractivity contribution in [1.29, 1.82) is 0 Å². The number of hydrogen-bond donors (Lipinski definition) is 2. The molecule has 0 aliphatic rings. The Hall–Kier alpha value is -4.72. The second kappa shape index (κ2) is 6.91. The quantitative estimate of drug-likeness (QED) is 0.171. The van der Waals surface area contributed by atoms with Crippen molar-refractivity contribution in [1.82, 2.24) is 9.97 Å². The molecule has 7 aromatic rings. The van der Waals surface area contributed by atoms with Crippen LogP contribution in [0.15, 0.2) is 48.5 Å². The largest absolute Gasteiger partial charge is 0.494 e. The smallest absolute Gasteiger partial charge is 0.175 e.